The number of morpholine rings is 1. The van der Waals surface area contributed by atoms with E-state index < -0.39 is 23.2 Å². The van der Waals surface area contributed by atoms with Gasteiger partial charge in [0.2, 0.25) is 5.88 Å². The van der Waals surface area contributed by atoms with E-state index >= 15 is 0 Å². The summed E-state index contributed by atoms with van der Waals surface area (Å²) in [4.78, 5) is 22.8. The second-order valence-corrected chi connectivity index (χ2v) is 6.36. The zero-order valence-electron chi connectivity index (χ0n) is 15.8. The SMILES string of the molecule is Cc1nc(OCCNC(=O)c2ccccc2C(F)(F)F)cc(N2CCOCC2)n1. The number of carbonyl (C=O) groups excluding carboxylic acids is 1. The third-order valence-corrected chi connectivity index (χ3v) is 4.25. The van der Waals surface area contributed by atoms with Crippen molar-refractivity contribution in [2.24, 2.45) is 0 Å². The maximum atomic E-state index is 13.0. The quantitative estimate of drug-likeness (QED) is 0.738. The number of benzene rings is 1. The minimum absolute atomic E-state index is 0.0287. The highest BCUT2D eigenvalue weighted by Gasteiger charge is 2.34. The summed E-state index contributed by atoms with van der Waals surface area (Å²) < 4.78 is 49.9. The number of halogens is 3. The van der Waals surface area contributed by atoms with E-state index in [2.05, 4.69) is 20.2 Å². The molecule has 1 N–H and O–H groups in total. The fourth-order valence-electron chi connectivity index (χ4n) is 2.90. The molecule has 0 unspecified atom stereocenters. The Bertz CT molecular complexity index is 855. The molecule has 1 fully saturated rings. The second-order valence-electron chi connectivity index (χ2n) is 6.36. The van der Waals surface area contributed by atoms with Crippen molar-refractivity contribution in [1.82, 2.24) is 15.3 Å². The van der Waals surface area contributed by atoms with Crippen LogP contribution in [-0.2, 0) is 10.9 Å². The number of hydrogen-bond donors (Lipinski definition) is 1. The first-order chi connectivity index (χ1) is 13.8. The molecule has 1 aromatic heterocycles. The van der Waals surface area contributed by atoms with Gasteiger partial charge in [0, 0.05) is 19.2 Å². The number of aromatic nitrogens is 2. The van der Waals surface area contributed by atoms with Gasteiger partial charge in [0.25, 0.3) is 5.91 Å². The molecule has 1 saturated heterocycles. The summed E-state index contributed by atoms with van der Waals surface area (Å²) in [6, 6.07) is 6.34. The van der Waals surface area contributed by atoms with Crippen LogP contribution >= 0.6 is 0 Å². The average molecular weight is 410 g/mol. The van der Waals surface area contributed by atoms with Gasteiger partial charge in [-0.1, -0.05) is 12.1 Å². The minimum Gasteiger partial charge on any atom is -0.476 e. The third kappa shape index (κ3) is 5.57. The first kappa shape index (κ1) is 20.8. The number of carbonyl (C=O) groups is 1. The highest BCUT2D eigenvalue weighted by atomic mass is 19.4. The molecule has 156 valence electrons. The molecule has 0 atom stereocenters. The van der Waals surface area contributed by atoms with Crippen molar-refractivity contribution in [3.05, 3.63) is 47.3 Å². The predicted octanol–water partition coefficient (Wildman–Crippen LogP) is 2.45. The first-order valence-electron chi connectivity index (χ1n) is 9.10. The summed E-state index contributed by atoms with van der Waals surface area (Å²) >= 11 is 0. The Hall–Kier alpha value is -2.88. The van der Waals surface area contributed by atoms with E-state index in [0.29, 0.717) is 38.0 Å². The highest BCUT2D eigenvalue weighted by Crippen LogP contribution is 2.31. The minimum atomic E-state index is -4.60. The molecule has 0 spiro atoms. The molecule has 1 aliphatic rings. The fraction of sp³-hybridized carbons (Fsp3) is 0.421. The van der Waals surface area contributed by atoms with E-state index in [9.17, 15) is 18.0 Å². The Labute approximate surface area is 165 Å². The molecule has 10 heteroatoms. The molecule has 29 heavy (non-hydrogen) atoms. The summed E-state index contributed by atoms with van der Waals surface area (Å²) in [6.45, 7) is 4.48. The van der Waals surface area contributed by atoms with Crippen LogP contribution in [0.25, 0.3) is 0 Å². The van der Waals surface area contributed by atoms with Crippen molar-refractivity contribution in [1.29, 1.82) is 0 Å². The predicted molar refractivity (Wildman–Crippen MR) is 99.1 cm³/mol. The summed E-state index contributed by atoms with van der Waals surface area (Å²) in [5.41, 5.74) is -1.40. The van der Waals surface area contributed by atoms with Crippen LogP contribution in [0.5, 0.6) is 5.88 Å². The Morgan fingerprint density at radius 1 is 1.24 bits per heavy atom. The Morgan fingerprint density at radius 3 is 2.69 bits per heavy atom. The highest BCUT2D eigenvalue weighted by molar-refractivity contribution is 5.95. The standard InChI is InChI=1S/C19H21F3N4O3/c1-13-24-16(26-7-10-28-11-8-26)12-17(25-13)29-9-6-23-18(27)14-4-2-3-5-15(14)19(20,21)22/h2-5,12H,6-11H2,1H3,(H,23,27). The number of hydrogen-bond acceptors (Lipinski definition) is 6. The van der Waals surface area contributed by atoms with Crippen LogP contribution in [0, 0.1) is 6.92 Å². The molecule has 7 nitrogen and oxygen atoms in total. The first-order valence-corrected chi connectivity index (χ1v) is 9.10. The molecule has 2 heterocycles. The van der Waals surface area contributed by atoms with Crippen molar-refractivity contribution in [2.75, 3.05) is 44.4 Å². The van der Waals surface area contributed by atoms with Crippen LogP contribution in [0.15, 0.2) is 30.3 Å². The number of nitrogens with one attached hydrogen (secondary N) is 1. The van der Waals surface area contributed by atoms with Gasteiger partial charge >= 0.3 is 6.18 Å². The number of amides is 1. The van der Waals surface area contributed by atoms with Gasteiger partial charge in [0.05, 0.1) is 30.9 Å². The molecule has 1 aromatic carbocycles. The summed E-state index contributed by atoms with van der Waals surface area (Å²) in [5, 5.41) is 2.44. The van der Waals surface area contributed by atoms with E-state index in [4.69, 9.17) is 9.47 Å². The van der Waals surface area contributed by atoms with Crippen molar-refractivity contribution in [3.8, 4) is 5.88 Å². The van der Waals surface area contributed by atoms with Crippen molar-refractivity contribution in [2.45, 2.75) is 13.1 Å². The van der Waals surface area contributed by atoms with Crippen molar-refractivity contribution >= 4 is 11.7 Å². The lowest BCUT2D eigenvalue weighted by atomic mass is 10.1. The zero-order chi connectivity index (χ0) is 20.9. The van der Waals surface area contributed by atoms with Crippen molar-refractivity contribution < 1.29 is 27.4 Å². The lowest BCUT2D eigenvalue weighted by Gasteiger charge is -2.28. The summed E-state index contributed by atoms with van der Waals surface area (Å²) in [6.07, 6.45) is -4.60. The Kier molecular flexibility index (Phi) is 6.53. The Morgan fingerprint density at radius 2 is 1.97 bits per heavy atom. The molecule has 2 aromatic rings. The van der Waals surface area contributed by atoms with E-state index in [1.807, 2.05) is 0 Å². The number of ether oxygens (including phenoxy) is 2. The largest absolute Gasteiger partial charge is 0.476 e. The number of aryl methyl sites for hydroxylation is 1. The van der Waals surface area contributed by atoms with E-state index in [0.717, 1.165) is 18.0 Å². The van der Waals surface area contributed by atoms with Gasteiger partial charge in [0.1, 0.15) is 18.2 Å². The van der Waals surface area contributed by atoms with Gasteiger partial charge in [0.15, 0.2) is 0 Å². The topological polar surface area (TPSA) is 76.6 Å². The Balaban J connectivity index is 1.56. The van der Waals surface area contributed by atoms with Gasteiger partial charge in [-0.2, -0.15) is 18.2 Å². The molecule has 0 bridgehead atoms. The van der Waals surface area contributed by atoms with Crippen molar-refractivity contribution in [3.63, 3.8) is 0 Å². The zero-order valence-corrected chi connectivity index (χ0v) is 15.8. The van der Waals surface area contributed by atoms with E-state index in [-0.39, 0.29) is 13.2 Å². The average Bonchev–Trinajstić information content (AvgIpc) is 2.71. The summed E-state index contributed by atoms with van der Waals surface area (Å²) in [7, 11) is 0. The van der Waals surface area contributed by atoms with Crippen LogP contribution in [0.3, 0.4) is 0 Å². The van der Waals surface area contributed by atoms with Gasteiger partial charge in [-0.3, -0.25) is 4.79 Å². The molecular formula is C19H21F3N4O3. The van der Waals surface area contributed by atoms with Gasteiger partial charge in [-0.25, -0.2) is 4.98 Å². The lowest BCUT2D eigenvalue weighted by molar-refractivity contribution is -0.137. The monoisotopic (exact) mass is 410 g/mol. The number of rotatable bonds is 6. The second kappa shape index (κ2) is 9.08. The summed E-state index contributed by atoms with van der Waals surface area (Å²) in [5.74, 6) is 0.782. The molecule has 1 amide bonds. The maximum Gasteiger partial charge on any atom is 0.417 e. The molecule has 1 aliphatic heterocycles. The molecular weight excluding hydrogens is 389 g/mol. The number of nitrogens with zero attached hydrogens (tertiary/aromatic N) is 3. The van der Waals surface area contributed by atoms with E-state index in [1.165, 1.54) is 12.1 Å². The normalized spacial score (nSPS) is 14.6. The number of anilines is 1. The van der Waals surface area contributed by atoms with Crippen LogP contribution in [0.4, 0.5) is 19.0 Å². The molecule has 0 radical (unpaired) electrons. The lowest BCUT2D eigenvalue weighted by Crippen LogP contribution is -2.37. The maximum absolute atomic E-state index is 13.0. The molecule has 0 aliphatic carbocycles. The van der Waals surface area contributed by atoms with Crippen LogP contribution < -0.4 is 15.0 Å². The van der Waals surface area contributed by atoms with Crippen LogP contribution in [-0.4, -0.2) is 55.3 Å². The van der Waals surface area contributed by atoms with Gasteiger partial charge in [-0.15, -0.1) is 0 Å². The molecule has 3 rings (SSSR count). The van der Waals surface area contributed by atoms with Crippen LogP contribution in [0.1, 0.15) is 21.7 Å². The smallest absolute Gasteiger partial charge is 0.417 e. The number of alkyl halides is 3. The third-order valence-electron chi connectivity index (χ3n) is 4.25. The van der Waals surface area contributed by atoms with Gasteiger partial charge in [-0.05, 0) is 19.1 Å². The molecule has 0 saturated carbocycles. The van der Waals surface area contributed by atoms with Gasteiger partial charge < -0.3 is 19.7 Å². The van der Waals surface area contributed by atoms with Crippen LogP contribution in [0.2, 0.25) is 0 Å². The van der Waals surface area contributed by atoms with E-state index in [1.54, 1.807) is 13.0 Å². The fourth-order valence-corrected chi connectivity index (χ4v) is 2.90.